The number of para-hydroxylation sites is 1. The molecule has 0 spiro atoms. The number of hydrogen-bond donors (Lipinski definition) is 0. The lowest BCUT2D eigenvalue weighted by Gasteiger charge is -2.04. The number of carbonyl (C=O) groups is 1. The lowest BCUT2D eigenvalue weighted by molar-refractivity contribution is -0.121. The Labute approximate surface area is 99.1 Å². The van der Waals surface area contributed by atoms with Gasteiger partial charge in [-0.15, -0.1) is 0 Å². The summed E-state index contributed by atoms with van der Waals surface area (Å²) in [5.74, 6) is 0.756. The van der Waals surface area contributed by atoms with E-state index in [1.165, 1.54) is 6.33 Å². The van der Waals surface area contributed by atoms with Gasteiger partial charge in [0.15, 0.2) is 5.78 Å². The summed E-state index contributed by atoms with van der Waals surface area (Å²) in [5.41, 5.74) is 0. The molecule has 0 fully saturated rings. The van der Waals surface area contributed by atoms with Crippen molar-refractivity contribution >= 4 is 5.78 Å². The Morgan fingerprint density at radius 2 is 2.12 bits per heavy atom. The van der Waals surface area contributed by atoms with E-state index >= 15 is 0 Å². The van der Waals surface area contributed by atoms with Crippen LogP contribution in [0.15, 0.2) is 43.0 Å². The van der Waals surface area contributed by atoms with Gasteiger partial charge in [0.2, 0.25) is 0 Å². The van der Waals surface area contributed by atoms with Crippen molar-refractivity contribution in [3.8, 4) is 5.75 Å². The molecule has 0 aliphatic heterocycles. The molecule has 1 aromatic carbocycles. The highest BCUT2D eigenvalue weighted by atomic mass is 16.5. The van der Waals surface area contributed by atoms with E-state index in [1.807, 2.05) is 30.3 Å². The van der Waals surface area contributed by atoms with Gasteiger partial charge >= 0.3 is 0 Å². The van der Waals surface area contributed by atoms with E-state index in [0.29, 0.717) is 18.7 Å². The molecule has 2 aromatic rings. The second kappa shape index (κ2) is 5.79. The van der Waals surface area contributed by atoms with Crippen molar-refractivity contribution in [2.24, 2.45) is 0 Å². The van der Waals surface area contributed by atoms with Gasteiger partial charge in [-0.25, -0.2) is 4.98 Å². The highest BCUT2D eigenvalue weighted by Crippen LogP contribution is 2.08. The van der Waals surface area contributed by atoms with Crippen LogP contribution in [0, 0.1) is 0 Å². The number of aryl methyl sites for hydroxylation is 1. The zero-order valence-electron chi connectivity index (χ0n) is 9.32. The fourth-order valence-corrected chi connectivity index (χ4v) is 1.34. The summed E-state index contributed by atoms with van der Waals surface area (Å²) in [6, 6.07) is 9.29. The normalized spacial score (nSPS) is 10.1. The molecule has 0 aliphatic carbocycles. The third-order valence-electron chi connectivity index (χ3n) is 2.23. The molecule has 0 aliphatic rings. The van der Waals surface area contributed by atoms with Crippen molar-refractivity contribution in [1.82, 2.24) is 14.8 Å². The highest BCUT2D eigenvalue weighted by Gasteiger charge is 2.03. The highest BCUT2D eigenvalue weighted by molar-refractivity contribution is 5.79. The Balaban J connectivity index is 1.71. The van der Waals surface area contributed by atoms with E-state index in [9.17, 15) is 4.79 Å². The average Bonchev–Trinajstić information content (AvgIpc) is 2.88. The standard InChI is InChI=1S/C12H13N3O2/c16-11(6-7-15-10-13-9-14-15)8-17-12-4-2-1-3-5-12/h1-5,9-10H,6-8H2. The quantitative estimate of drug-likeness (QED) is 0.752. The Morgan fingerprint density at radius 1 is 1.29 bits per heavy atom. The number of ketones is 1. The summed E-state index contributed by atoms with van der Waals surface area (Å²) in [6.07, 6.45) is 3.44. The molecule has 0 N–H and O–H groups in total. The van der Waals surface area contributed by atoms with Crippen LogP contribution in [0.5, 0.6) is 5.75 Å². The maximum absolute atomic E-state index is 11.5. The van der Waals surface area contributed by atoms with Gasteiger partial charge in [0, 0.05) is 13.0 Å². The summed E-state index contributed by atoms with van der Waals surface area (Å²) < 4.78 is 6.97. The van der Waals surface area contributed by atoms with Crippen molar-refractivity contribution < 1.29 is 9.53 Å². The average molecular weight is 231 g/mol. The first-order chi connectivity index (χ1) is 8.34. The molecule has 17 heavy (non-hydrogen) atoms. The molecular weight excluding hydrogens is 218 g/mol. The first kappa shape index (κ1) is 11.3. The number of ether oxygens (including phenoxy) is 1. The lowest BCUT2D eigenvalue weighted by Crippen LogP contribution is -2.14. The van der Waals surface area contributed by atoms with E-state index in [4.69, 9.17) is 4.74 Å². The fourth-order valence-electron chi connectivity index (χ4n) is 1.34. The van der Waals surface area contributed by atoms with Crippen LogP contribution in [-0.4, -0.2) is 27.2 Å². The zero-order chi connectivity index (χ0) is 11.9. The molecule has 5 nitrogen and oxygen atoms in total. The second-order valence-electron chi connectivity index (χ2n) is 3.55. The largest absolute Gasteiger partial charge is 0.486 e. The number of rotatable bonds is 6. The van der Waals surface area contributed by atoms with E-state index < -0.39 is 0 Å². The van der Waals surface area contributed by atoms with Crippen LogP contribution in [0.25, 0.3) is 0 Å². The smallest absolute Gasteiger partial charge is 0.172 e. The van der Waals surface area contributed by atoms with Crippen LogP contribution in [0.2, 0.25) is 0 Å². The summed E-state index contributed by atoms with van der Waals surface area (Å²) >= 11 is 0. The van der Waals surface area contributed by atoms with Gasteiger partial charge in [0.05, 0.1) is 0 Å². The maximum Gasteiger partial charge on any atom is 0.172 e. The van der Waals surface area contributed by atoms with Crippen LogP contribution in [0.3, 0.4) is 0 Å². The van der Waals surface area contributed by atoms with Gasteiger partial charge in [-0.3, -0.25) is 9.48 Å². The molecule has 0 amide bonds. The van der Waals surface area contributed by atoms with Crippen molar-refractivity contribution in [2.45, 2.75) is 13.0 Å². The minimum Gasteiger partial charge on any atom is -0.486 e. The van der Waals surface area contributed by atoms with Crippen molar-refractivity contribution in [3.63, 3.8) is 0 Å². The molecule has 88 valence electrons. The number of nitrogens with zero attached hydrogens (tertiary/aromatic N) is 3. The summed E-state index contributed by atoms with van der Waals surface area (Å²) in [6.45, 7) is 0.635. The van der Waals surface area contributed by atoms with Crippen LogP contribution in [0.1, 0.15) is 6.42 Å². The summed E-state index contributed by atoms with van der Waals surface area (Å²) in [7, 11) is 0. The molecule has 0 radical (unpaired) electrons. The third kappa shape index (κ3) is 3.71. The maximum atomic E-state index is 11.5. The van der Waals surface area contributed by atoms with Gasteiger partial charge in [-0.1, -0.05) is 18.2 Å². The van der Waals surface area contributed by atoms with E-state index in [-0.39, 0.29) is 12.4 Å². The SMILES string of the molecule is O=C(CCn1cncn1)COc1ccccc1. The molecular formula is C12H13N3O2. The molecule has 1 aromatic heterocycles. The minimum atomic E-state index is 0.0457. The number of carbonyl (C=O) groups excluding carboxylic acids is 1. The van der Waals surface area contributed by atoms with E-state index in [0.717, 1.165) is 0 Å². The summed E-state index contributed by atoms with van der Waals surface area (Å²) in [5, 5.41) is 3.92. The monoisotopic (exact) mass is 231 g/mol. The predicted octanol–water partition coefficient (Wildman–Crippen LogP) is 1.32. The zero-order valence-corrected chi connectivity index (χ0v) is 9.32. The molecule has 0 atom stereocenters. The molecule has 5 heteroatoms. The Morgan fingerprint density at radius 3 is 2.82 bits per heavy atom. The molecule has 2 rings (SSSR count). The number of aromatic nitrogens is 3. The number of hydrogen-bond acceptors (Lipinski definition) is 4. The number of Topliss-reactive ketones (excluding diaryl/α,β-unsaturated/α-hetero) is 1. The van der Waals surface area contributed by atoms with Crippen LogP contribution in [-0.2, 0) is 11.3 Å². The lowest BCUT2D eigenvalue weighted by atomic mass is 10.3. The molecule has 0 saturated heterocycles. The van der Waals surface area contributed by atoms with E-state index in [2.05, 4.69) is 10.1 Å². The molecule has 0 saturated carbocycles. The second-order valence-corrected chi connectivity index (χ2v) is 3.55. The Kier molecular flexibility index (Phi) is 3.85. The summed E-state index contributed by atoms with van der Waals surface area (Å²) in [4.78, 5) is 15.3. The van der Waals surface area contributed by atoms with Crippen molar-refractivity contribution in [1.29, 1.82) is 0 Å². The van der Waals surface area contributed by atoms with Crippen LogP contribution < -0.4 is 4.74 Å². The van der Waals surface area contributed by atoms with Gasteiger partial charge in [-0.2, -0.15) is 5.10 Å². The molecule has 0 bridgehead atoms. The van der Waals surface area contributed by atoms with Gasteiger partial charge in [-0.05, 0) is 12.1 Å². The van der Waals surface area contributed by atoms with Gasteiger partial charge in [0.25, 0.3) is 0 Å². The van der Waals surface area contributed by atoms with Gasteiger partial charge < -0.3 is 4.74 Å². The number of benzene rings is 1. The van der Waals surface area contributed by atoms with Crippen LogP contribution >= 0.6 is 0 Å². The fraction of sp³-hybridized carbons (Fsp3) is 0.250. The van der Waals surface area contributed by atoms with Crippen molar-refractivity contribution in [3.05, 3.63) is 43.0 Å². The topological polar surface area (TPSA) is 57.0 Å². The molecule has 1 heterocycles. The Bertz CT molecular complexity index is 454. The van der Waals surface area contributed by atoms with Crippen LogP contribution in [0.4, 0.5) is 0 Å². The first-order valence-electron chi connectivity index (χ1n) is 5.36. The van der Waals surface area contributed by atoms with Gasteiger partial charge in [0.1, 0.15) is 25.0 Å². The minimum absolute atomic E-state index is 0.0457. The first-order valence-corrected chi connectivity index (χ1v) is 5.36. The Hall–Kier alpha value is -2.17. The third-order valence-corrected chi connectivity index (χ3v) is 2.23. The predicted molar refractivity (Wildman–Crippen MR) is 61.6 cm³/mol. The van der Waals surface area contributed by atoms with E-state index in [1.54, 1.807) is 11.0 Å². The molecule has 0 unspecified atom stereocenters. The van der Waals surface area contributed by atoms with Crippen molar-refractivity contribution in [2.75, 3.05) is 6.61 Å².